The molecule has 7 heteroatoms. The van der Waals surface area contributed by atoms with Gasteiger partial charge in [-0.15, -0.1) is 0 Å². The average molecular weight is 325 g/mol. The zero-order chi connectivity index (χ0) is 15.8. The standard InChI is InChI=1S/C16H15N5OS/c1-9-19-14-13(10-4-5-10)12(8-18-15(14)23-9)21-16(22)20-11-3-2-6-17-7-11/h2-3,6-8,10H,4-5H2,1H3,(H2,20,21,22). The number of hydrogen-bond donors (Lipinski definition) is 2. The molecule has 1 aliphatic rings. The third kappa shape index (κ3) is 2.87. The highest BCUT2D eigenvalue weighted by molar-refractivity contribution is 7.18. The number of thiazole rings is 1. The van der Waals surface area contributed by atoms with Crippen LogP contribution in [-0.4, -0.2) is 21.0 Å². The zero-order valence-electron chi connectivity index (χ0n) is 12.5. The summed E-state index contributed by atoms with van der Waals surface area (Å²) >= 11 is 1.58. The molecule has 3 aromatic heterocycles. The molecule has 0 radical (unpaired) electrons. The van der Waals surface area contributed by atoms with Gasteiger partial charge in [-0.3, -0.25) is 4.98 Å². The largest absolute Gasteiger partial charge is 0.323 e. The van der Waals surface area contributed by atoms with Crippen LogP contribution < -0.4 is 10.6 Å². The van der Waals surface area contributed by atoms with Gasteiger partial charge in [0.25, 0.3) is 0 Å². The van der Waals surface area contributed by atoms with Crippen LogP contribution in [0, 0.1) is 6.92 Å². The second kappa shape index (κ2) is 5.58. The van der Waals surface area contributed by atoms with Gasteiger partial charge in [-0.05, 0) is 37.8 Å². The highest BCUT2D eigenvalue weighted by atomic mass is 32.1. The molecule has 3 heterocycles. The molecule has 1 fully saturated rings. The number of urea groups is 1. The molecule has 0 atom stereocenters. The minimum Gasteiger partial charge on any atom is -0.306 e. The lowest BCUT2D eigenvalue weighted by Crippen LogP contribution is -2.20. The Hall–Kier alpha value is -2.54. The van der Waals surface area contributed by atoms with Crippen LogP contribution in [0.3, 0.4) is 0 Å². The summed E-state index contributed by atoms with van der Waals surface area (Å²) in [5.41, 5.74) is 3.43. The lowest BCUT2D eigenvalue weighted by Gasteiger charge is -2.11. The smallest absolute Gasteiger partial charge is 0.306 e. The Morgan fingerprint density at radius 3 is 2.91 bits per heavy atom. The molecule has 0 aliphatic heterocycles. The summed E-state index contributed by atoms with van der Waals surface area (Å²) in [5, 5.41) is 6.67. The number of fused-ring (bicyclic) bond motifs is 1. The number of hydrogen-bond acceptors (Lipinski definition) is 5. The Morgan fingerprint density at radius 2 is 2.17 bits per heavy atom. The third-order valence-corrected chi connectivity index (χ3v) is 4.60. The van der Waals surface area contributed by atoms with Crippen LogP contribution in [-0.2, 0) is 0 Å². The van der Waals surface area contributed by atoms with Gasteiger partial charge in [0.1, 0.15) is 10.3 Å². The quantitative estimate of drug-likeness (QED) is 0.765. The molecule has 4 rings (SSSR count). The minimum atomic E-state index is -0.298. The highest BCUT2D eigenvalue weighted by Gasteiger charge is 2.30. The molecule has 23 heavy (non-hydrogen) atoms. The van der Waals surface area contributed by atoms with Crippen LogP contribution in [0.2, 0.25) is 0 Å². The van der Waals surface area contributed by atoms with Crippen LogP contribution in [0.25, 0.3) is 10.3 Å². The number of carbonyl (C=O) groups excluding carboxylic acids is 1. The van der Waals surface area contributed by atoms with Crippen molar-refractivity contribution in [3.8, 4) is 0 Å². The number of pyridine rings is 2. The molecule has 0 aromatic carbocycles. The van der Waals surface area contributed by atoms with Crippen molar-refractivity contribution >= 4 is 39.1 Å². The topological polar surface area (TPSA) is 79.8 Å². The summed E-state index contributed by atoms with van der Waals surface area (Å²) in [4.78, 5) is 26.2. The Bertz CT molecular complexity index is 873. The summed E-state index contributed by atoms with van der Waals surface area (Å²) < 4.78 is 0. The zero-order valence-corrected chi connectivity index (χ0v) is 13.4. The van der Waals surface area contributed by atoms with E-state index in [9.17, 15) is 4.79 Å². The van der Waals surface area contributed by atoms with Gasteiger partial charge in [0, 0.05) is 11.8 Å². The normalized spacial score (nSPS) is 14.0. The number of nitrogens with one attached hydrogen (secondary N) is 2. The number of amides is 2. The number of aryl methyl sites for hydroxylation is 1. The van der Waals surface area contributed by atoms with Gasteiger partial charge in [-0.1, -0.05) is 11.3 Å². The number of carbonyl (C=O) groups is 1. The highest BCUT2D eigenvalue weighted by Crippen LogP contribution is 2.46. The van der Waals surface area contributed by atoms with Crippen LogP contribution in [0.4, 0.5) is 16.2 Å². The van der Waals surface area contributed by atoms with Crippen molar-refractivity contribution in [2.24, 2.45) is 0 Å². The minimum absolute atomic E-state index is 0.298. The van der Waals surface area contributed by atoms with E-state index in [4.69, 9.17) is 0 Å². The molecule has 0 spiro atoms. The lowest BCUT2D eigenvalue weighted by molar-refractivity contribution is 0.262. The number of nitrogens with zero attached hydrogens (tertiary/aromatic N) is 3. The Balaban J connectivity index is 1.63. The third-order valence-electron chi connectivity index (χ3n) is 3.73. The van der Waals surface area contributed by atoms with Crippen molar-refractivity contribution < 1.29 is 4.79 Å². The predicted octanol–water partition coefficient (Wildman–Crippen LogP) is 3.92. The molecule has 2 N–H and O–H groups in total. The first-order valence-corrected chi connectivity index (χ1v) is 8.26. The number of rotatable bonds is 3. The molecule has 0 saturated heterocycles. The van der Waals surface area contributed by atoms with E-state index in [-0.39, 0.29) is 6.03 Å². The van der Waals surface area contributed by atoms with Gasteiger partial charge in [-0.2, -0.15) is 0 Å². The van der Waals surface area contributed by atoms with Crippen molar-refractivity contribution in [2.75, 3.05) is 10.6 Å². The van der Waals surface area contributed by atoms with E-state index in [1.54, 1.807) is 42.1 Å². The molecule has 0 bridgehead atoms. The lowest BCUT2D eigenvalue weighted by atomic mass is 10.1. The van der Waals surface area contributed by atoms with E-state index in [1.807, 2.05) is 6.92 Å². The Labute approximate surface area is 137 Å². The summed E-state index contributed by atoms with van der Waals surface area (Å²) in [5.74, 6) is 0.468. The van der Waals surface area contributed by atoms with Gasteiger partial charge in [0.15, 0.2) is 0 Å². The molecule has 3 aromatic rings. The van der Waals surface area contributed by atoms with Gasteiger partial charge < -0.3 is 10.6 Å². The van der Waals surface area contributed by atoms with Gasteiger partial charge >= 0.3 is 6.03 Å². The Kier molecular flexibility index (Phi) is 3.42. The summed E-state index contributed by atoms with van der Waals surface area (Å²) in [6.07, 6.45) is 7.27. The average Bonchev–Trinajstić information content (AvgIpc) is 3.29. The van der Waals surface area contributed by atoms with Crippen molar-refractivity contribution in [1.82, 2.24) is 15.0 Å². The van der Waals surface area contributed by atoms with Crippen LogP contribution in [0.1, 0.15) is 29.3 Å². The molecule has 0 unspecified atom stereocenters. The van der Waals surface area contributed by atoms with Gasteiger partial charge in [0.2, 0.25) is 0 Å². The fourth-order valence-corrected chi connectivity index (χ4v) is 3.38. The van der Waals surface area contributed by atoms with Crippen molar-refractivity contribution in [3.05, 3.63) is 41.3 Å². The van der Waals surface area contributed by atoms with Crippen molar-refractivity contribution in [1.29, 1.82) is 0 Å². The van der Waals surface area contributed by atoms with E-state index >= 15 is 0 Å². The fourth-order valence-electron chi connectivity index (χ4n) is 2.61. The first kappa shape index (κ1) is 14.1. The summed E-state index contributed by atoms with van der Waals surface area (Å²) in [6.45, 7) is 1.98. The monoisotopic (exact) mass is 325 g/mol. The summed E-state index contributed by atoms with van der Waals surface area (Å²) in [7, 11) is 0. The first-order chi connectivity index (χ1) is 11.2. The van der Waals surface area contributed by atoms with Crippen LogP contribution >= 0.6 is 11.3 Å². The molecular weight excluding hydrogens is 310 g/mol. The molecule has 2 amide bonds. The van der Waals surface area contributed by atoms with E-state index in [0.29, 0.717) is 11.6 Å². The Morgan fingerprint density at radius 1 is 1.30 bits per heavy atom. The number of anilines is 2. The molecular formula is C16H15N5OS. The maximum Gasteiger partial charge on any atom is 0.323 e. The first-order valence-electron chi connectivity index (χ1n) is 7.45. The van der Waals surface area contributed by atoms with E-state index < -0.39 is 0 Å². The molecule has 1 aliphatic carbocycles. The molecule has 6 nitrogen and oxygen atoms in total. The fraction of sp³-hybridized carbons (Fsp3) is 0.250. The van der Waals surface area contributed by atoms with E-state index in [1.165, 1.54) is 0 Å². The SMILES string of the molecule is Cc1nc2c(C3CC3)c(NC(=O)Nc3cccnc3)cnc2s1. The van der Waals surface area contributed by atoms with Gasteiger partial charge in [0.05, 0.1) is 28.8 Å². The molecule has 116 valence electrons. The predicted molar refractivity (Wildman–Crippen MR) is 91.0 cm³/mol. The number of aromatic nitrogens is 3. The maximum absolute atomic E-state index is 12.2. The van der Waals surface area contributed by atoms with E-state index in [0.717, 1.165) is 39.4 Å². The van der Waals surface area contributed by atoms with Crippen LogP contribution in [0.5, 0.6) is 0 Å². The van der Waals surface area contributed by atoms with Gasteiger partial charge in [-0.25, -0.2) is 14.8 Å². The van der Waals surface area contributed by atoms with E-state index in [2.05, 4.69) is 25.6 Å². The second-order valence-corrected chi connectivity index (χ2v) is 6.75. The van der Waals surface area contributed by atoms with Crippen LogP contribution in [0.15, 0.2) is 30.7 Å². The van der Waals surface area contributed by atoms with Crippen molar-refractivity contribution in [2.45, 2.75) is 25.7 Å². The summed E-state index contributed by atoms with van der Waals surface area (Å²) in [6, 6.07) is 3.27. The maximum atomic E-state index is 12.2. The van der Waals surface area contributed by atoms with Crippen molar-refractivity contribution in [3.63, 3.8) is 0 Å². The molecule has 1 saturated carbocycles. The second-order valence-electron chi connectivity index (χ2n) is 5.57.